The second kappa shape index (κ2) is 15.8. The Balaban J connectivity index is 1.13. The molecule has 0 unspecified atom stereocenters. The van der Waals surface area contributed by atoms with Crippen LogP contribution >= 0.6 is 11.3 Å². The van der Waals surface area contributed by atoms with E-state index in [1.54, 1.807) is 0 Å². The van der Waals surface area contributed by atoms with Crippen molar-refractivity contribution in [3.8, 4) is 33.4 Å². The normalized spacial score (nSPS) is 12.7. The quantitative estimate of drug-likeness (QED) is 0.150. The van der Waals surface area contributed by atoms with E-state index in [4.69, 9.17) is 0 Å². The molecular formula is C63H48N2S. The summed E-state index contributed by atoms with van der Waals surface area (Å²) in [6, 6.07) is 80.8. The standard InChI is InChI=1S/C63H48N2S/c1-41-18-11-14-25-51(41)54-37-46(43-19-7-5-8-20-43)38-59(42(54)2)65(50-32-34-53-52-26-15-16-27-56(52)63(3,4)57(53)40-50)49-33-35-60-55(39-49)62-58(28-17-29-61(62)66-60)64(47-23-9-6-10-24-47)48-31-30-44-21-12-13-22-45(44)36-48/h5-40H,1-4H3. The first kappa shape index (κ1) is 39.8. The van der Waals surface area contributed by atoms with Crippen molar-refractivity contribution < 1.29 is 0 Å². The van der Waals surface area contributed by atoms with Gasteiger partial charge in [-0.3, -0.25) is 0 Å². The Hall–Kier alpha value is -7.72. The lowest BCUT2D eigenvalue weighted by molar-refractivity contribution is 0.660. The predicted molar refractivity (Wildman–Crippen MR) is 284 cm³/mol. The van der Waals surface area contributed by atoms with Crippen LogP contribution in [0.2, 0.25) is 0 Å². The van der Waals surface area contributed by atoms with Crippen molar-refractivity contribution in [2.75, 3.05) is 9.80 Å². The summed E-state index contributed by atoms with van der Waals surface area (Å²) in [4.78, 5) is 4.97. The van der Waals surface area contributed by atoms with E-state index in [9.17, 15) is 0 Å². The van der Waals surface area contributed by atoms with Crippen molar-refractivity contribution in [3.05, 3.63) is 241 Å². The Labute approximate surface area is 391 Å². The van der Waals surface area contributed by atoms with Crippen molar-refractivity contribution in [2.45, 2.75) is 33.1 Å². The summed E-state index contributed by atoms with van der Waals surface area (Å²) in [5.74, 6) is 0. The first-order chi connectivity index (χ1) is 32.3. The van der Waals surface area contributed by atoms with Crippen LogP contribution in [0.25, 0.3) is 64.3 Å². The number of anilines is 6. The van der Waals surface area contributed by atoms with Gasteiger partial charge in [-0.15, -0.1) is 11.3 Å². The molecule has 0 spiro atoms. The molecule has 66 heavy (non-hydrogen) atoms. The van der Waals surface area contributed by atoms with Gasteiger partial charge in [-0.25, -0.2) is 0 Å². The first-order valence-corrected chi connectivity index (χ1v) is 23.7. The number of hydrogen-bond acceptors (Lipinski definition) is 3. The molecule has 316 valence electrons. The van der Waals surface area contributed by atoms with Gasteiger partial charge in [-0.1, -0.05) is 153 Å². The van der Waals surface area contributed by atoms with Crippen molar-refractivity contribution in [1.82, 2.24) is 0 Å². The van der Waals surface area contributed by atoms with Crippen LogP contribution in [-0.2, 0) is 5.41 Å². The molecule has 0 atom stereocenters. The Morgan fingerprint density at radius 1 is 0.379 bits per heavy atom. The van der Waals surface area contributed by atoms with E-state index in [1.807, 2.05) is 11.3 Å². The summed E-state index contributed by atoms with van der Waals surface area (Å²) < 4.78 is 2.52. The minimum atomic E-state index is -0.160. The Bertz CT molecular complexity index is 3660. The van der Waals surface area contributed by atoms with E-state index in [-0.39, 0.29) is 5.41 Å². The molecule has 0 aliphatic heterocycles. The molecule has 1 aliphatic carbocycles. The summed E-state index contributed by atoms with van der Waals surface area (Å²) in [6.07, 6.45) is 0. The number of fused-ring (bicyclic) bond motifs is 7. The lowest BCUT2D eigenvalue weighted by Crippen LogP contribution is -2.17. The lowest BCUT2D eigenvalue weighted by atomic mass is 9.82. The van der Waals surface area contributed by atoms with Crippen LogP contribution < -0.4 is 9.80 Å². The van der Waals surface area contributed by atoms with Crippen molar-refractivity contribution in [1.29, 1.82) is 0 Å². The number of aryl methyl sites for hydroxylation is 1. The van der Waals surface area contributed by atoms with Gasteiger partial charge in [-0.2, -0.15) is 0 Å². The number of thiophene rings is 1. The monoisotopic (exact) mass is 864 g/mol. The highest BCUT2D eigenvalue weighted by Crippen LogP contribution is 2.53. The fourth-order valence-corrected chi connectivity index (χ4v) is 11.7. The minimum absolute atomic E-state index is 0.160. The van der Waals surface area contributed by atoms with Crippen LogP contribution in [0.1, 0.15) is 36.1 Å². The van der Waals surface area contributed by atoms with Crippen molar-refractivity contribution >= 4 is 76.4 Å². The van der Waals surface area contributed by atoms with E-state index < -0.39 is 0 Å². The van der Waals surface area contributed by atoms with Crippen LogP contribution in [-0.4, -0.2) is 0 Å². The first-order valence-electron chi connectivity index (χ1n) is 22.9. The van der Waals surface area contributed by atoms with Crippen LogP contribution in [0.4, 0.5) is 34.1 Å². The van der Waals surface area contributed by atoms with Crippen molar-refractivity contribution in [3.63, 3.8) is 0 Å². The molecule has 1 aromatic heterocycles. The number of nitrogens with zero attached hydrogens (tertiary/aromatic N) is 2. The molecule has 0 N–H and O–H groups in total. The third kappa shape index (κ3) is 6.53. The van der Waals surface area contributed by atoms with Gasteiger partial charge >= 0.3 is 0 Å². The molecule has 0 bridgehead atoms. The third-order valence-electron chi connectivity index (χ3n) is 14.0. The average Bonchev–Trinajstić information content (AvgIpc) is 3.84. The maximum atomic E-state index is 2.53. The highest BCUT2D eigenvalue weighted by Gasteiger charge is 2.36. The highest BCUT2D eigenvalue weighted by molar-refractivity contribution is 7.26. The van der Waals surface area contributed by atoms with Gasteiger partial charge in [-0.05, 0) is 159 Å². The Morgan fingerprint density at radius 2 is 1.02 bits per heavy atom. The fourth-order valence-electron chi connectivity index (χ4n) is 10.6. The zero-order chi connectivity index (χ0) is 44.5. The second-order valence-corrected chi connectivity index (χ2v) is 19.3. The van der Waals surface area contributed by atoms with Crippen LogP contribution in [0, 0.1) is 13.8 Å². The minimum Gasteiger partial charge on any atom is -0.310 e. The Kier molecular flexibility index (Phi) is 9.52. The summed E-state index contributed by atoms with van der Waals surface area (Å²) in [5, 5.41) is 4.93. The van der Waals surface area contributed by atoms with Crippen LogP contribution in [0.15, 0.2) is 218 Å². The molecule has 0 radical (unpaired) electrons. The average molecular weight is 865 g/mol. The lowest BCUT2D eigenvalue weighted by Gasteiger charge is -2.31. The molecule has 0 fully saturated rings. The van der Waals surface area contributed by atoms with E-state index >= 15 is 0 Å². The van der Waals surface area contributed by atoms with Crippen LogP contribution in [0.5, 0.6) is 0 Å². The summed E-state index contributed by atoms with van der Waals surface area (Å²) in [7, 11) is 0. The van der Waals surface area contributed by atoms with E-state index in [2.05, 4.69) is 256 Å². The fraction of sp³-hybridized carbons (Fsp3) is 0.0794. The predicted octanol–water partition coefficient (Wildman–Crippen LogP) is 18.4. The topological polar surface area (TPSA) is 6.48 Å². The molecule has 2 nitrogen and oxygen atoms in total. The van der Waals surface area contributed by atoms with Gasteiger partial charge < -0.3 is 9.80 Å². The smallest absolute Gasteiger partial charge is 0.0554 e. The third-order valence-corrected chi connectivity index (χ3v) is 15.1. The molecule has 0 saturated carbocycles. The maximum Gasteiger partial charge on any atom is 0.0554 e. The molecule has 10 aromatic carbocycles. The second-order valence-electron chi connectivity index (χ2n) is 18.2. The molecule has 1 heterocycles. The summed E-state index contributed by atoms with van der Waals surface area (Å²) >= 11 is 1.87. The van der Waals surface area contributed by atoms with E-state index in [0.29, 0.717) is 0 Å². The van der Waals surface area contributed by atoms with E-state index in [1.165, 1.54) is 86.6 Å². The zero-order valence-corrected chi connectivity index (χ0v) is 38.4. The molecular weight excluding hydrogens is 817 g/mol. The number of para-hydroxylation sites is 1. The highest BCUT2D eigenvalue weighted by atomic mass is 32.1. The number of rotatable bonds is 8. The van der Waals surface area contributed by atoms with Gasteiger partial charge in [0.05, 0.1) is 11.4 Å². The van der Waals surface area contributed by atoms with Gasteiger partial charge in [0, 0.05) is 48.3 Å². The molecule has 11 aromatic rings. The molecule has 3 heteroatoms. The molecule has 12 rings (SSSR count). The van der Waals surface area contributed by atoms with Crippen LogP contribution in [0.3, 0.4) is 0 Å². The molecule has 0 saturated heterocycles. The largest absolute Gasteiger partial charge is 0.310 e. The number of hydrogen-bond donors (Lipinski definition) is 0. The molecule has 0 amide bonds. The summed E-state index contributed by atoms with van der Waals surface area (Å²) in [6.45, 7) is 9.29. The summed E-state index contributed by atoms with van der Waals surface area (Å²) in [5.41, 5.74) is 19.4. The zero-order valence-electron chi connectivity index (χ0n) is 37.6. The van der Waals surface area contributed by atoms with Gasteiger partial charge in [0.1, 0.15) is 0 Å². The van der Waals surface area contributed by atoms with E-state index in [0.717, 1.165) is 34.1 Å². The van der Waals surface area contributed by atoms with Gasteiger partial charge in [0.15, 0.2) is 0 Å². The van der Waals surface area contributed by atoms with Crippen molar-refractivity contribution in [2.24, 2.45) is 0 Å². The molecule has 1 aliphatic rings. The van der Waals surface area contributed by atoms with Gasteiger partial charge in [0.2, 0.25) is 0 Å². The maximum absolute atomic E-state index is 2.53. The Morgan fingerprint density at radius 3 is 1.83 bits per heavy atom. The number of benzene rings is 10. The van der Waals surface area contributed by atoms with Gasteiger partial charge in [0.25, 0.3) is 0 Å². The SMILES string of the molecule is Cc1ccccc1-c1cc(-c2ccccc2)cc(N(c2ccc3c(c2)C(C)(C)c2ccccc2-3)c2ccc3sc4cccc(N(c5ccccc5)c5ccc6ccccc6c5)c4c3c2)c1C.